The fourth-order valence-electron chi connectivity index (χ4n) is 3.45. The van der Waals surface area contributed by atoms with E-state index in [0.717, 1.165) is 37.3 Å². The van der Waals surface area contributed by atoms with Crippen LogP contribution in [0.25, 0.3) is 11.4 Å². The smallest absolute Gasteiger partial charge is 0.357 e. The maximum absolute atomic E-state index is 12.6. The summed E-state index contributed by atoms with van der Waals surface area (Å²) in [6, 6.07) is 8.86. The molecular formula is C22H22ClN5O2. The van der Waals surface area contributed by atoms with Gasteiger partial charge in [0.15, 0.2) is 11.5 Å². The Morgan fingerprint density at radius 1 is 1.17 bits per heavy atom. The van der Waals surface area contributed by atoms with Crippen LogP contribution in [0.4, 0.5) is 5.82 Å². The van der Waals surface area contributed by atoms with Gasteiger partial charge in [-0.3, -0.25) is 4.98 Å². The van der Waals surface area contributed by atoms with Gasteiger partial charge in [-0.15, -0.1) is 0 Å². The number of carbonyl (C=O) groups excluding carboxylic acids is 1. The van der Waals surface area contributed by atoms with Gasteiger partial charge in [0.1, 0.15) is 5.82 Å². The van der Waals surface area contributed by atoms with Gasteiger partial charge >= 0.3 is 5.97 Å². The monoisotopic (exact) mass is 423 g/mol. The van der Waals surface area contributed by atoms with E-state index in [0.29, 0.717) is 29.1 Å². The lowest BCUT2D eigenvalue weighted by atomic mass is 9.98. The van der Waals surface area contributed by atoms with Crippen molar-refractivity contribution < 1.29 is 9.53 Å². The molecule has 4 rings (SSSR count). The van der Waals surface area contributed by atoms with Crippen molar-refractivity contribution in [3.05, 3.63) is 65.3 Å². The Hall–Kier alpha value is -3.06. The van der Waals surface area contributed by atoms with E-state index in [1.165, 1.54) is 0 Å². The van der Waals surface area contributed by atoms with Crippen LogP contribution < -0.4 is 4.90 Å². The van der Waals surface area contributed by atoms with Crippen molar-refractivity contribution in [2.24, 2.45) is 5.92 Å². The highest BCUT2D eigenvalue weighted by atomic mass is 35.5. The number of esters is 1. The van der Waals surface area contributed by atoms with E-state index in [2.05, 4.69) is 24.8 Å². The molecule has 1 saturated heterocycles. The summed E-state index contributed by atoms with van der Waals surface area (Å²) in [5.41, 5.74) is 1.78. The minimum Gasteiger partial charge on any atom is -0.461 e. The minimum atomic E-state index is -0.424. The van der Waals surface area contributed by atoms with Gasteiger partial charge in [-0.2, -0.15) is 0 Å². The highest BCUT2D eigenvalue weighted by Gasteiger charge is 2.22. The molecular weight excluding hydrogens is 402 g/mol. The molecule has 8 heteroatoms. The summed E-state index contributed by atoms with van der Waals surface area (Å²) >= 11 is 5.95. The van der Waals surface area contributed by atoms with Crippen molar-refractivity contribution in [3.8, 4) is 11.4 Å². The lowest BCUT2D eigenvalue weighted by Gasteiger charge is -2.32. The maximum Gasteiger partial charge on any atom is 0.357 e. The van der Waals surface area contributed by atoms with Crippen LogP contribution in [0, 0.1) is 12.8 Å². The zero-order valence-electron chi connectivity index (χ0n) is 16.7. The number of ether oxygens (including phenoxy) is 1. The Balaban J connectivity index is 1.35. The van der Waals surface area contributed by atoms with E-state index in [1.807, 2.05) is 19.1 Å². The van der Waals surface area contributed by atoms with Crippen molar-refractivity contribution in [1.82, 2.24) is 19.9 Å². The fourth-order valence-corrected chi connectivity index (χ4v) is 3.58. The van der Waals surface area contributed by atoms with Crippen LogP contribution in [-0.4, -0.2) is 45.6 Å². The van der Waals surface area contributed by atoms with Crippen molar-refractivity contribution in [2.75, 3.05) is 24.6 Å². The van der Waals surface area contributed by atoms with Crippen LogP contribution in [0.15, 0.2) is 48.9 Å². The molecule has 0 bridgehead atoms. The Kier molecular flexibility index (Phi) is 6.18. The standard InChI is InChI=1S/C22H22ClN5O2/c1-15-12-19(27-21(26-15)17-2-4-18(23)5-3-17)22(29)30-14-16-6-10-28(11-7-16)20-13-24-8-9-25-20/h2-5,8-9,12-13,16H,6-7,10-11,14H2,1H3. The number of anilines is 1. The molecule has 3 aromatic rings. The Labute approximate surface area is 180 Å². The number of hydrogen-bond donors (Lipinski definition) is 0. The van der Waals surface area contributed by atoms with Gasteiger partial charge in [-0.25, -0.2) is 19.7 Å². The summed E-state index contributed by atoms with van der Waals surface area (Å²) in [5.74, 6) is 1.27. The van der Waals surface area contributed by atoms with E-state index in [-0.39, 0.29) is 5.69 Å². The van der Waals surface area contributed by atoms with E-state index in [9.17, 15) is 4.79 Å². The summed E-state index contributed by atoms with van der Waals surface area (Å²) in [6.45, 7) is 3.95. The third-order valence-electron chi connectivity index (χ3n) is 5.10. The topological polar surface area (TPSA) is 81.1 Å². The molecule has 0 amide bonds. The van der Waals surface area contributed by atoms with Gasteiger partial charge in [0.05, 0.1) is 12.8 Å². The predicted molar refractivity (Wildman–Crippen MR) is 114 cm³/mol. The lowest BCUT2D eigenvalue weighted by molar-refractivity contribution is 0.0413. The van der Waals surface area contributed by atoms with Gasteiger partial charge in [0, 0.05) is 41.8 Å². The number of piperidine rings is 1. The zero-order valence-corrected chi connectivity index (χ0v) is 17.4. The number of aryl methyl sites for hydroxylation is 1. The van der Waals surface area contributed by atoms with Gasteiger partial charge in [-0.1, -0.05) is 11.6 Å². The van der Waals surface area contributed by atoms with Crippen LogP contribution in [0.5, 0.6) is 0 Å². The number of aromatic nitrogens is 4. The van der Waals surface area contributed by atoms with E-state index >= 15 is 0 Å². The number of nitrogens with zero attached hydrogens (tertiary/aromatic N) is 5. The third-order valence-corrected chi connectivity index (χ3v) is 5.36. The summed E-state index contributed by atoms with van der Waals surface area (Å²) in [7, 11) is 0. The molecule has 30 heavy (non-hydrogen) atoms. The molecule has 1 aliphatic heterocycles. The average Bonchev–Trinajstić information content (AvgIpc) is 2.78. The van der Waals surface area contributed by atoms with Gasteiger partial charge in [0.25, 0.3) is 0 Å². The number of carbonyl (C=O) groups is 1. The Morgan fingerprint density at radius 2 is 1.93 bits per heavy atom. The molecule has 1 aromatic carbocycles. The summed E-state index contributed by atoms with van der Waals surface area (Å²) < 4.78 is 5.58. The lowest BCUT2D eigenvalue weighted by Crippen LogP contribution is -2.36. The second-order valence-corrected chi connectivity index (χ2v) is 7.75. The molecule has 0 radical (unpaired) electrons. The van der Waals surface area contributed by atoms with E-state index in [4.69, 9.17) is 16.3 Å². The van der Waals surface area contributed by atoms with Crippen molar-refractivity contribution in [3.63, 3.8) is 0 Å². The minimum absolute atomic E-state index is 0.268. The van der Waals surface area contributed by atoms with Crippen molar-refractivity contribution in [1.29, 1.82) is 0 Å². The molecule has 3 heterocycles. The summed E-state index contributed by atoms with van der Waals surface area (Å²) in [4.78, 5) is 32.1. The first-order valence-corrected chi connectivity index (χ1v) is 10.3. The molecule has 0 unspecified atom stereocenters. The first kappa shape index (κ1) is 20.2. The third kappa shape index (κ3) is 4.91. The van der Waals surface area contributed by atoms with Gasteiger partial charge in [-0.05, 0) is 56.0 Å². The number of rotatable bonds is 5. The first-order valence-electron chi connectivity index (χ1n) is 9.88. The van der Waals surface area contributed by atoms with Crippen molar-refractivity contribution >= 4 is 23.4 Å². The Morgan fingerprint density at radius 3 is 2.63 bits per heavy atom. The first-order chi connectivity index (χ1) is 14.6. The second-order valence-electron chi connectivity index (χ2n) is 7.32. The molecule has 1 aliphatic rings. The highest BCUT2D eigenvalue weighted by Crippen LogP contribution is 2.22. The highest BCUT2D eigenvalue weighted by molar-refractivity contribution is 6.30. The summed E-state index contributed by atoms with van der Waals surface area (Å²) in [5, 5.41) is 0.636. The molecule has 0 saturated carbocycles. The van der Waals surface area contributed by atoms with Crippen LogP contribution in [0.1, 0.15) is 29.0 Å². The van der Waals surface area contributed by atoms with Gasteiger partial charge < -0.3 is 9.64 Å². The predicted octanol–water partition coefficient (Wildman–Crippen LogP) is 3.97. The van der Waals surface area contributed by atoms with Crippen LogP contribution in [0.2, 0.25) is 5.02 Å². The second kappa shape index (κ2) is 9.17. The number of benzene rings is 1. The van der Waals surface area contributed by atoms with Gasteiger partial charge in [0.2, 0.25) is 0 Å². The molecule has 2 aromatic heterocycles. The van der Waals surface area contributed by atoms with E-state index in [1.54, 1.807) is 36.8 Å². The zero-order chi connectivity index (χ0) is 20.9. The van der Waals surface area contributed by atoms with E-state index < -0.39 is 5.97 Å². The Bertz CT molecular complexity index is 1010. The quantitative estimate of drug-likeness (QED) is 0.574. The molecule has 0 N–H and O–H groups in total. The molecule has 0 aliphatic carbocycles. The average molecular weight is 424 g/mol. The van der Waals surface area contributed by atoms with Crippen LogP contribution in [0.3, 0.4) is 0 Å². The van der Waals surface area contributed by atoms with Crippen molar-refractivity contribution in [2.45, 2.75) is 19.8 Å². The largest absolute Gasteiger partial charge is 0.461 e. The number of halogens is 1. The molecule has 154 valence electrons. The SMILES string of the molecule is Cc1cc(C(=O)OCC2CCN(c3cnccn3)CC2)nc(-c2ccc(Cl)cc2)n1. The molecule has 0 spiro atoms. The van der Waals surface area contributed by atoms with Crippen LogP contribution in [-0.2, 0) is 4.74 Å². The van der Waals surface area contributed by atoms with Crippen LogP contribution >= 0.6 is 11.6 Å². The molecule has 0 atom stereocenters. The molecule has 7 nitrogen and oxygen atoms in total. The normalized spacial score (nSPS) is 14.5. The maximum atomic E-state index is 12.6. The number of hydrogen-bond acceptors (Lipinski definition) is 7. The fraction of sp³-hybridized carbons (Fsp3) is 0.318. The summed E-state index contributed by atoms with van der Waals surface area (Å²) in [6.07, 6.45) is 7.01. The molecule has 1 fully saturated rings.